The molecule has 0 spiro atoms. The Morgan fingerprint density at radius 3 is 2.52 bits per heavy atom. The van der Waals surface area contributed by atoms with E-state index in [1.807, 2.05) is 31.2 Å². The van der Waals surface area contributed by atoms with E-state index < -0.39 is 10.0 Å². The summed E-state index contributed by atoms with van der Waals surface area (Å²) in [5.41, 5.74) is 3.32. The van der Waals surface area contributed by atoms with E-state index in [4.69, 9.17) is 9.15 Å². The fourth-order valence-corrected chi connectivity index (χ4v) is 4.16. The Balaban J connectivity index is 1.58. The van der Waals surface area contributed by atoms with Gasteiger partial charge in [-0.3, -0.25) is 9.52 Å². The molecule has 0 unspecified atom stereocenters. The smallest absolute Gasteiger partial charge is 0.262 e. The van der Waals surface area contributed by atoms with Crippen LogP contribution in [0.4, 0.5) is 11.4 Å². The van der Waals surface area contributed by atoms with Crippen molar-refractivity contribution < 1.29 is 22.4 Å². The molecule has 2 N–H and O–H groups in total. The lowest BCUT2D eigenvalue weighted by Crippen LogP contribution is -2.13. The van der Waals surface area contributed by atoms with Crippen LogP contribution < -0.4 is 14.8 Å². The molecule has 0 bridgehead atoms. The average Bonchev–Trinajstić information content (AvgIpc) is 3.25. The average molecular weight is 464 g/mol. The van der Waals surface area contributed by atoms with Gasteiger partial charge in [-0.2, -0.15) is 0 Å². The van der Waals surface area contributed by atoms with E-state index in [1.54, 1.807) is 30.3 Å². The highest BCUT2D eigenvalue weighted by Crippen LogP contribution is 2.29. The van der Waals surface area contributed by atoms with Gasteiger partial charge < -0.3 is 14.5 Å². The van der Waals surface area contributed by atoms with Gasteiger partial charge >= 0.3 is 0 Å². The van der Waals surface area contributed by atoms with Crippen LogP contribution in [0.2, 0.25) is 0 Å². The minimum absolute atomic E-state index is 0.0315. The van der Waals surface area contributed by atoms with Crippen molar-refractivity contribution in [3.63, 3.8) is 0 Å². The maximum atomic E-state index is 12.8. The number of ether oxygens (including phenoxy) is 1. The monoisotopic (exact) mass is 463 g/mol. The largest absolute Gasteiger partial charge is 0.495 e. The van der Waals surface area contributed by atoms with Gasteiger partial charge in [0.05, 0.1) is 23.3 Å². The highest BCUT2D eigenvalue weighted by atomic mass is 32.2. The molecule has 4 aromatic rings. The number of oxazole rings is 1. The number of sulfonamides is 1. The summed E-state index contributed by atoms with van der Waals surface area (Å²) in [5.74, 6) is 0.444. The molecule has 168 valence electrons. The summed E-state index contributed by atoms with van der Waals surface area (Å²) in [6.45, 7) is 1.92. The minimum Gasteiger partial charge on any atom is -0.495 e. The maximum absolute atomic E-state index is 12.8. The molecule has 0 aliphatic rings. The van der Waals surface area contributed by atoms with Gasteiger partial charge in [0.15, 0.2) is 11.9 Å². The third kappa shape index (κ3) is 4.88. The zero-order valence-electron chi connectivity index (χ0n) is 17.9. The second-order valence-electron chi connectivity index (χ2n) is 7.18. The number of methoxy groups -OCH3 is 1. The second kappa shape index (κ2) is 9.17. The van der Waals surface area contributed by atoms with Crippen molar-refractivity contribution in [3.8, 4) is 5.75 Å². The Kier molecular flexibility index (Phi) is 6.14. The summed E-state index contributed by atoms with van der Waals surface area (Å²) in [5, 5.41) is 2.96. The van der Waals surface area contributed by atoms with Gasteiger partial charge in [-0.25, -0.2) is 13.4 Å². The van der Waals surface area contributed by atoms with Crippen molar-refractivity contribution in [3.05, 3.63) is 84.4 Å². The molecule has 0 amide bonds. The SMILES string of the molecule is COc1cc(S(=O)(=O)Nc2ccc(C)cc2)ccc1NC=C(C=O)c1nc2ccccc2o1. The lowest BCUT2D eigenvalue weighted by molar-refractivity contribution is -0.103. The molecule has 0 aliphatic carbocycles. The summed E-state index contributed by atoms with van der Waals surface area (Å²) in [6, 6.07) is 18.6. The van der Waals surface area contributed by atoms with Gasteiger partial charge in [0.25, 0.3) is 10.0 Å². The van der Waals surface area contributed by atoms with E-state index in [0.29, 0.717) is 28.8 Å². The Labute approximate surface area is 191 Å². The number of rotatable bonds is 8. The first-order chi connectivity index (χ1) is 15.9. The van der Waals surface area contributed by atoms with Crippen LogP contribution in [0.25, 0.3) is 16.7 Å². The van der Waals surface area contributed by atoms with E-state index in [9.17, 15) is 13.2 Å². The normalized spacial score (nSPS) is 11.9. The van der Waals surface area contributed by atoms with Crippen molar-refractivity contribution >= 4 is 44.4 Å². The van der Waals surface area contributed by atoms with Crippen LogP contribution in [-0.4, -0.2) is 26.8 Å². The Bertz CT molecular complexity index is 1410. The molecule has 3 aromatic carbocycles. The van der Waals surface area contributed by atoms with Gasteiger partial charge in [-0.15, -0.1) is 0 Å². The fourth-order valence-electron chi connectivity index (χ4n) is 3.09. The van der Waals surface area contributed by atoms with Gasteiger partial charge in [0.1, 0.15) is 11.3 Å². The van der Waals surface area contributed by atoms with E-state index in [2.05, 4.69) is 15.0 Å². The fraction of sp³-hybridized carbons (Fsp3) is 0.0833. The van der Waals surface area contributed by atoms with Crippen molar-refractivity contribution in [2.24, 2.45) is 0 Å². The summed E-state index contributed by atoms with van der Waals surface area (Å²) >= 11 is 0. The Hall–Kier alpha value is -4.11. The van der Waals surface area contributed by atoms with Crippen LogP contribution in [0.5, 0.6) is 5.75 Å². The van der Waals surface area contributed by atoms with Gasteiger partial charge in [-0.1, -0.05) is 29.8 Å². The topological polar surface area (TPSA) is 111 Å². The Morgan fingerprint density at radius 2 is 1.82 bits per heavy atom. The zero-order valence-corrected chi connectivity index (χ0v) is 18.7. The lowest BCUT2D eigenvalue weighted by atomic mass is 10.2. The molecular weight excluding hydrogens is 442 g/mol. The van der Waals surface area contributed by atoms with Gasteiger partial charge in [-0.05, 0) is 43.3 Å². The van der Waals surface area contributed by atoms with Crippen molar-refractivity contribution in [1.82, 2.24) is 4.98 Å². The molecule has 0 fully saturated rings. The second-order valence-corrected chi connectivity index (χ2v) is 8.86. The number of hydrogen-bond donors (Lipinski definition) is 2. The molecule has 9 heteroatoms. The number of fused-ring (bicyclic) bond motifs is 1. The number of nitrogens with zero attached hydrogens (tertiary/aromatic N) is 1. The van der Waals surface area contributed by atoms with Crippen LogP contribution in [-0.2, 0) is 14.8 Å². The van der Waals surface area contributed by atoms with Crippen molar-refractivity contribution in [1.29, 1.82) is 0 Å². The first kappa shape index (κ1) is 22.1. The minimum atomic E-state index is -3.82. The van der Waals surface area contributed by atoms with Gasteiger partial charge in [0, 0.05) is 18.0 Å². The number of nitrogens with one attached hydrogen (secondary N) is 2. The predicted molar refractivity (Wildman–Crippen MR) is 127 cm³/mol. The Morgan fingerprint density at radius 1 is 1.06 bits per heavy atom. The third-order valence-electron chi connectivity index (χ3n) is 4.84. The molecule has 0 atom stereocenters. The predicted octanol–water partition coefficient (Wildman–Crippen LogP) is 4.60. The highest BCUT2D eigenvalue weighted by Gasteiger charge is 2.17. The first-order valence-corrected chi connectivity index (χ1v) is 11.4. The number of benzene rings is 3. The summed E-state index contributed by atoms with van der Waals surface area (Å²) in [6.07, 6.45) is 2.04. The molecule has 0 saturated carbocycles. The molecule has 33 heavy (non-hydrogen) atoms. The number of allylic oxidation sites excluding steroid dienone is 1. The van der Waals surface area contributed by atoms with E-state index in [1.165, 1.54) is 25.4 Å². The van der Waals surface area contributed by atoms with Crippen molar-refractivity contribution in [2.75, 3.05) is 17.1 Å². The van der Waals surface area contributed by atoms with Crippen LogP contribution in [0.1, 0.15) is 11.5 Å². The van der Waals surface area contributed by atoms with Crippen molar-refractivity contribution in [2.45, 2.75) is 11.8 Å². The van der Waals surface area contributed by atoms with Crippen LogP contribution in [0.15, 0.2) is 82.2 Å². The number of aryl methyl sites for hydroxylation is 1. The highest BCUT2D eigenvalue weighted by molar-refractivity contribution is 7.92. The summed E-state index contributed by atoms with van der Waals surface area (Å²) < 4.78 is 39.1. The lowest BCUT2D eigenvalue weighted by Gasteiger charge is -2.12. The molecule has 8 nitrogen and oxygen atoms in total. The molecule has 0 saturated heterocycles. The number of anilines is 2. The van der Waals surface area contributed by atoms with Crippen LogP contribution in [0.3, 0.4) is 0 Å². The summed E-state index contributed by atoms with van der Waals surface area (Å²) in [7, 11) is -2.40. The summed E-state index contributed by atoms with van der Waals surface area (Å²) in [4.78, 5) is 15.9. The molecule has 1 heterocycles. The first-order valence-electron chi connectivity index (χ1n) is 9.95. The number of aldehydes is 1. The zero-order chi connectivity index (χ0) is 23.4. The molecule has 1 aromatic heterocycles. The van der Waals surface area contributed by atoms with Crippen LogP contribution >= 0.6 is 0 Å². The third-order valence-corrected chi connectivity index (χ3v) is 6.22. The van der Waals surface area contributed by atoms with E-state index >= 15 is 0 Å². The van der Waals surface area contributed by atoms with Gasteiger partial charge in [0.2, 0.25) is 5.89 Å². The number of aromatic nitrogens is 1. The molecule has 0 radical (unpaired) electrons. The number of hydrogen-bond acceptors (Lipinski definition) is 7. The molecular formula is C24H21N3O5S. The number of para-hydroxylation sites is 2. The quantitative estimate of drug-likeness (QED) is 0.290. The van der Waals surface area contributed by atoms with Crippen LogP contribution in [0, 0.1) is 6.92 Å². The standard InChI is InChI=1S/C24H21N3O5S/c1-16-7-9-18(10-8-16)27-33(29,30)19-11-12-20(23(13-19)31-2)25-14-17(15-28)24-26-21-5-3-4-6-22(21)32-24/h3-15,25,27H,1-2H3. The molecule has 4 rings (SSSR count). The van der Waals surface area contributed by atoms with E-state index in [-0.39, 0.29) is 22.1 Å². The molecule has 0 aliphatic heterocycles. The van der Waals surface area contributed by atoms with E-state index in [0.717, 1.165) is 5.56 Å². The maximum Gasteiger partial charge on any atom is 0.262 e. The number of carbonyl (C=O) groups is 1. The number of carbonyl (C=O) groups excluding carboxylic acids is 1.